The molecule has 0 aromatic carbocycles. The molecule has 1 amide bonds. The van der Waals surface area contributed by atoms with Crippen molar-refractivity contribution in [2.45, 2.75) is 13.8 Å². The molecule has 0 unspecified atom stereocenters. The maximum atomic E-state index is 12.3. The number of carbonyl (C=O) groups excluding carboxylic acids is 1. The number of amides is 1. The number of carbonyl (C=O) groups is 1. The van der Waals surface area contributed by atoms with Crippen LogP contribution >= 0.6 is 11.3 Å². The lowest BCUT2D eigenvalue weighted by atomic mass is 10.2. The lowest BCUT2D eigenvalue weighted by molar-refractivity contribution is 0.0954. The van der Waals surface area contributed by atoms with Crippen LogP contribution in [-0.2, 0) is 7.05 Å². The van der Waals surface area contributed by atoms with Crippen LogP contribution in [0.5, 0.6) is 0 Å². The Labute approximate surface area is 127 Å². The number of aromatic nitrogens is 2. The smallest absolute Gasteiger partial charge is 0.262 e. The highest BCUT2D eigenvalue weighted by molar-refractivity contribution is 7.20. The van der Waals surface area contributed by atoms with E-state index in [1.807, 2.05) is 19.0 Å². The van der Waals surface area contributed by atoms with Gasteiger partial charge in [-0.25, -0.2) is 4.98 Å². The summed E-state index contributed by atoms with van der Waals surface area (Å²) >= 11 is 1.28. The normalized spacial score (nSPS) is 11.3. The monoisotopic (exact) mass is 308 g/mol. The number of fused-ring (bicyclic) bond motifs is 1. The lowest BCUT2D eigenvalue weighted by Gasteiger charge is -2.09. The molecule has 21 heavy (non-hydrogen) atoms. The van der Waals surface area contributed by atoms with E-state index in [1.165, 1.54) is 15.9 Å². The molecule has 2 rings (SSSR count). The third-order valence-electron chi connectivity index (χ3n) is 3.45. The van der Waals surface area contributed by atoms with Crippen LogP contribution in [0, 0.1) is 13.8 Å². The van der Waals surface area contributed by atoms with Crippen LogP contribution in [0.25, 0.3) is 10.2 Å². The number of hydrogen-bond acceptors (Lipinski definition) is 5. The highest BCUT2D eigenvalue weighted by Gasteiger charge is 2.19. The number of rotatable bonds is 4. The van der Waals surface area contributed by atoms with Gasteiger partial charge in [-0.1, -0.05) is 0 Å². The van der Waals surface area contributed by atoms with Crippen molar-refractivity contribution in [3.05, 3.63) is 26.6 Å². The Hall–Kier alpha value is -1.73. The van der Waals surface area contributed by atoms with Crippen LogP contribution in [-0.4, -0.2) is 47.5 Å². The molecule has 0 saturated carbocycles. The summed E-state index contributed by atoms with van der Waals surface area (Å²) in [7, 11) is 5.60. The number of nitrogens with zero attached hydrogens (tertiary/aromatic N) is 3. The summed E-state index contributed by atoms with van der Waals surface area (Å²) in [5, 5.41) is 3.42. The minimum atomic E-state index is -0.142. The number of thiophene rings is 1. The molecule has 0 aliphatic heterocycles. The van der Waals surface area contributed by atoms with Gasteiger partial charge in [-0.15, -0.1) is 11.3 Å². The molecule has 1 N–H and O–H groups in total. The van der Waals surface area contributed by atoms with E-state index in [4.69, 9.17) is 0 Å². The van der Waals surface area contributed by atoms with Gasteiger partial charge in [0.2, 0.25) is 0 Å². The second-order valence-electron chi connectivity index (χ2n) is 5.32. The molecule has 0 bridgehead atoms. The van der Waals surface area contributed by atoms with Crippen LogP contribution in [0.15, 0.2) is 4.79 Å². The van der Waals surface area contributed by atoms with Crippen molar-refractivity contribution in [1.82, 2.24) is 19.8 Å². The average Bonchev–Trinajstić information content (AvgIpc) is 2.72. The first-order valence-corrected chi connectivity index (χ1v) is 7.54. The molecule has 0 aliphatic carbocycles. The van der Waals surface area contributed by atoms with Crippen LogP contribution in [0.2, 0.25) is 0 Å². The Morgan fingerprint density at radius 1 is 1.38 bits per heavy atom. The first-order chi connectivity index (χ1) is 9.82. The number of likely N-dealkylation sites (N-methyl/N-ethyl adjacent to an activating group) is 1. The predicted molar refractivity (Wildman–Crippen MR) is 85.2 cm³/mol. The molecule has 2 heterocycles. The third kappa shape index (κ3) is 2.98. The van der Waals surface area contributed by atoms with Gasteiger partial charge in [0.25, 0.3) is 11.5 Å². The summed E-state index contributed by atoms with van der Waals surface area (Å²) in [6.07, 6.45) is 0. The minimum absolute atomic E-state index is 0.0985. The maximum Gasteiger partial charge on any atom is 0.262 e. The minimum Gasteiger partial charge on any atom is -0.350 e. The van der Waals surface area contributed by atoms with Crippen molar-refractivity contribution in [3.8, 4) is 0 Å². The Bertz CT molecular complexity index is 745. The molecule has 0 fully saturated rings. The van der Waals surface area contributed by atoms with Crippen molar-refractivity contribution >= 4 is 27.5 Å². The fourth-order valence-electron chi connectivity index (χ4n) is 2.06. The van der Waals surface area contributed by atoms with Gasteiger partial charge >= 0.3 is 0 Å². The fourth-order valence-corrected chi connectivity index (χ4v) is 3.19. The van der Waals surface area contributed by atoms with Crippen LogP contribution in [0.4, 0.5) is 0 Å². The zero-order valence-electron chi connectivity index (χ0n) is 13.0. The second-order valence-corrected chi connectivity index (χ2v) is 6.32. The van der Waals surface area contributed by atoms with Crippen LogP contribution in [0.3, 0.4) is 0 Å². The molecule has 0 radical (unpaired) electrons. The number of aryl methyl sites for hydroxylation is 2. The van der Waals surface area contributed by atoms with Crippen molar-refractivity contribution in [3.63, 3.8) is 0 Å². The molecule has 0 atom stereocenters. The summed E-state index contributed by atoms with van der Waals surface area (Å²) in [6.45, 7) is 4.93. The van der Waals surface area contributed by atoms with Crippen molar-refractivity contribution in [1.29, 1.82) is 0 Å². The lowest BCUT2D eigenvalue weighted by Crippen LogP contribution is -2.31. The predicted octanol–water partition coefficient (Wildman–Crippen LogP) is 0.903. The number of hydrogen-bond donors (Lipinski definition) is 1. The van der Waals surface area contributed by atoms with E-state index in [2.05, 4.69) is 10.3 Å². The Morgan fingerprint density at radius 2 is 2.05 bits per heavy atom. The Balaban J connectivity index is 2.38. The zero-order valence-corrected chi connectivity index (χ0v) is 13.8. The SMILES string of the molecule is Cc1c(C(=O)NCCN(C)C)sc2nc(C)n(C)c(=O)c12. The van der Waals surface area contributed by atoms with Crippen LogP contribution in [0.1, 0.15) is 21.1 Å². The van der Waals surface area contributed by atoms with E-state index < -0.39 is 0 Å². The molecule has 0 spiro atoms. The van der Waals surface area contributed by atoms with E-state index >= 15 is 0 Å². The van der Waals surface area contributed by atoms with E-state index in [0.717, 1.165) is 6.54 Å². The Kier molecular flexibility index (Phi) is 4.43. The molecule has 2 aromatic heterocycles. The van der Waals surface area contributed by atoms with Gasteiger partial charge < -0.3 is 10.2 Å². The summed E-state index contributed by atoms with van der Waals surface area (Å²) in [5.74, 6) is 0.505. The first-order valence-electron chi connectivity index (χ1n) is 6.72. The largest absolute Gasteiger partial charge is 0.350 e. The van der Waals surface area contributed by atoms with E-state index in [0.29, 0.717) is 33.0 Å². The summed E-state index contributed by atoms with van der Waals surface area (Å²) < 4.78 is 1.51. The molecule has 0 saturated heterocycles. The molecule has 6 nitrogen and oxygen atoms in total. The van der Waals surface area contributed by atoms with Gasteiger partial charge in [-0.05, 0) is 33.5 Å². The van der Waals surface area contributed by atoms with Gasteiger partial charge in [0.1, 0.15) is 10.7 Å². The quantitative estimate of drug-likeness (QED) is 0.911. The highest BCUT2D eigenvalue weighted by atomic mass is 32.1. The van der Waals surface area contributed by atoms with Gasteiger partial charge in [0, 0.05) is 20.1 Å². The van der Waals surface area contributed by atoms with E-state index in [-0.39, 0.29) is 11.5 Å². The molecule has 7 heteroatoms. The van der Waals surface area contributed by atoms with Gasteiger partial charge in [0.15, 0.2) is 0 Å². The molecule has 114 valence electrons. The van der Waals surface area contributed by atoms with E-state index in [1.54, 1.807) is 20.9 Å². The average molecular weight is 308 g/mol. The summed E-state index contributed by atoms with van der Waals surface area (Å²) in [5.41, 5.74) is 0.615. The first kappa shape index (κ1) is 15.7. The Morgan fingerprint density at radius 3 is 2.67 bits per heavy atom. The molecular formula is C14H20N4O2S. The summed E-state index contributed by atoms with van der Waals surface area (Å²) in [6, 6.07) is 0. The number of nitrogens with one attached hydrogen (secondary N) is 1. The van der Waals surface area contributed by atoms with Crippen molar-refractivity contribution < 1.29 is 4.79 Å². The fraction of sp³-hybridized carbons (Fsp3) is 0.500. The molecule has 2 aromatic rings. The van der Waals surface area contributed by atoms with Gasteiger partial charge in [-0.3, -0.25) is 14.2 Å². The van der Waals surface area contributed by atoms with Gasteiger partial charge in [0.05, 0.1) is 10.3 Å². The molecular weight excluding hydrogens is 288 g/mol. The topological polar surface area (TPSA) is 67.2 Å². The maximum absolute atomic E-state index is 12.3. The molecule has 0 aliphatic rings. The standard InChI is InChI=1S/C14H20N4O2S/c1-8-10-13(16-9(2)18(5)14(10)20)21-11(8)12(19)15-6-7-17(3)4/h6-7H2,1-5H3,(H,15,19). The highest BCUT2D eigenvalue weighted by Crippen LogP contribution is 2.27. The summed E-state index contributed by atoms with van der Waals surface area (Å²) in [4.78, 5) is 32.1. The third-order valence-corrected chi connectivity index (χ3v) is 4.63. The van der Waals surface area contributed by atoms with Crippen molar-refractivity contribution in [2.24, 2.45) is 7.05 Å². The van der Waals surface area contributed by atoms with Gasteiger partial charge in [-0.2, -0.15) is 0 Å². The van der Waals surface area contributed by atoms with E-state index in [9.17, 15) is 9.59 Å². The van der Waals surface area contributed by atoms with Crippen molar-refractivity contribution in [2.75, 3.05) is 27.2 Å². The zero-order chi connectivity index (χ0) is 15.7. The van der Waals surface area contributed by atoms with Crippen LogP contribution < -0.4 is 10.9 Å². The second kappa shape index (κ2) is 5.95.